The fourth-order valence-electron chi connectivity index (χ4n) is 2.48. The number of aliphatic hydroxyl groups is 1. The molecule has 1 heterocycles. The van der Waals surface area contributed by atoms with Gasteiger partial charge in [-0.25, -0.2) is 0 Å². The molecule has 0 spiro atoms. The lowest BCUT2D eigenvalue weighted by atomic mass is 9.99. The summed E-state index contributed by atoms with van der Waals surface area (Å²) in [7, 11) is 0. The first kappa shape index (κ1) is 16.2. The van der Waals surface area contributed by atoms with Crippen LogP contribution in [0.4, 0.5) is 0 Å². The summed E-state index contributed by atoms with van der Waals surface area (Å²) in [5.74, 6) is 0.259. The fourth-order valence-corrected chi connectivity index (χ4v) is 2.48. The summed E-state index contributed by atoms with van der Waals surface area (Å²) in [6.07, 6.45) is 12.0. The quantitative estimate of drug-likeness (QED) is 0.375. The summed E-state index contributed by atoms with van der Waals surface area (Å²) in [6.45, 7) is 5.15. The molecule has 1 aliphatic rings. The van der Waals surface area contributed by atoms with Crippen molar-refractivity contribution in [2.45, 2.75) is 77.4 Å². The first-order valence-corrected chi connectivity index (χ1v) is 7.84. The van der Waals surface area contributed by atoms with Crippen LogP contribution in [0.25, 0.3) is 0 Å². The molecule has 0 aliphatic carbocycles. The lowest BCUT2D eigenvalue weighted by Gasteiger charge is -2.39. The van der Waals surface area contributed by atoms with Crippen LogP contribution in [0.1, 0.15) is 65.2 Å². The van der Waals surface area contributed by atoms with Crippen LogP contribution in [0.3, 0.4) is 0 Å². The van der Waals surface area contributed by atoms with E-state index in [0.29, 0.717) is 6.42 Å². The van der Waals surface area contributed by atoms with Crippen molar-refractivity contribution in [3.8, 4) is 0 Å². The average molecular weight is 267 g/mol. The molecule has 19 heavy (non-hydrogen) atoms. The van der Waals surface area contributed by atoms with Gasteiger partial charge in [0.15, 0.2) is 0 Å². The lowest BCUT2D eigenvalue weighted by molar-refractivity contribution is -0.143. The van der Waals surface area contributed by atoms with Gasteiger partial charge in [0.25, 0.3) is 0 Å². The van der Waals surface area contributed by atoms with Crippen molar-refractivity contribution in [1.29, 1.82) is 0 Å². The molecule has 1 fully saturated rings. The van der Waals surface area contributed by atoms with Gasteiger partial charge in [0.05, 0.1) is 18.6 Å². The zero-order valence-corrected chi connectivity index (χ0v) is 12.5. The van der Waals surface area contributed by atoms with Gasteiger partial charge in [-0.05, 0) is 12.8 Å². The largest absolute Gasteiger partial charge is 0.389 e. The Labute approximate surface area is 117 Å². The summed E-state index contributed by atoms with van der Waals surface area (Å²) < 4.78 is 0. The molecule has 0 aromatic carbocycles. The number of carbonyl (C=O) groups is 1. The molecule has 1 N–H and O–H groups in total. The minimum atomic E-state index is -0.355. The third kappa shape index (κ3) is 5.77. The van der Waals surface area contributed by atoms with Crippen LogP contribution in [0, 0.1) is 0 Å². The van der Waals surface area contributed by atoms with Gasteiger partial charge in [0.1, 0.15) is 0 Å². The molecule has 1 rings (SSSR count). The van der Waals surface area contributed by atoms with E-state index in [9.17, 15) is 9.90 Å². The number of unbranched alkanes of at least 4 members (excludes halogenated alkanes) is 4. The Balaban J connectivity index is 2.22. The number of likely N-dealkylation sites (tertiary alicyclic amines) is 1. The predicted molar refractivity (Wildman–Crippen MR) is 78.9 cm³/mol. The molecule has 3 nitrogen and oxygen atoms in total. The third-order valence-corrected chi connectivity index (χ3v) is 3.75. The Morgan fingerprint density at radius 1 is 1.26 bits per heavy atom. The maximum Gasteiger partial charge on any atom is 0.225 e. The summed E-state index contributed by atoms with van der Waals surface area (Å²) in [6, 6.07) is 0.227. The fraction of sp³-hybridized carbons (Fsp3) is 0.812. The number of aliphatic hydroxyl groups excluding tert-OH is 1. The Bertz CT molecular complexity index is 288. The number of hydrogen-bond donors (Lipinski definition) is 1. The van der Waals surface area contributed by atoms with Gasteiger partial charge in [-0.2, -0.15) is 0 Å². The molecule has 1 saturated heterocycles. The summed E-state index contributed by atoms with van der Waals surface area (Å²) in [4.78, 5) is 13.5. The second kappa shape index (κ2) is 9.13. The van der Waals surface area contributed by atoms with E-state index < -0.39 is 0 Å². The maximum absolute atomic E-state index is 11.6. The van der Waals surface area contributed by atoms with Gasteiger partial charge < -0.3 is 10.0 Å². The number of nitrogens with zero attached hydrogens (tertiary/aromatic N) is 1. The van der Waals surface area contributed by atoms with E-state index in [1.807, 2.05) is 17.1 Å². The number of carbonyl (C=O) groups excluding carboxylic acids is 1. The summed E-state index contributed by atoms with van der Waals surface area (Å²) >= 11 is 0. The van der Waals surface area contributed by atoms with Crippen LogP contribution in [0.2, 0.25) is 0 Å². The topological polar surface area (TPSA) is 40.5 Å². The van der Waals surface area contributed by atoms with Crippen LogP contribution in [0.15, 0.2) is 12.2 Å². The SMILES string of the molecule is CCCCCCCN1C(=O)CC1/C=C/C(O)CCC. The van der Waals surface area contributed by atoms with E-state index in [0.717, 1.165) is 25.8 Å². The van der Waals surface area contributed by atoms with Crippen LogP contribution in [-0.4, -0.2) is 34.6 Å². The molecule has 3 heteroatoms. The van der Waals surface area contributed by atoms with Crippen molar-refractivity contribution < 1.29 is 9.90 Å². The zero-order chi connectivity index (χ0) is 14.1. The number of amides is 1. The second-order valence-electron chi connectivity index (χ2n) is 5.51. The van der Waals surface area contributed by atoms with Crippen molar-refractivity contribution in [2.24, 2.45) is 0 Å². The zero-order valence-electron chi connectivity index (χ0n) is 12.5. The standard InChI is InChI=1S/C16H29NO2/c1-3-5-6-7-8-12-17-14(13-16(17)19)10-11-15(18)9-4-2/h10-11,14-15,18H,3-9,12-13H2,1-2H3/b11-10+. The van der Waals surface area contributed by atoms with E-state index >= 15 is 0 Å². The van der Waals surface area contributed by atoms with Crippen LogP contribution < -0.4 is 0 Å². The van der Waals surface area contributed by atoms with Gasteiger partial charge >= 0.3 is 0 Å². The van der Waals surface area contributed by atoms with Crippen LogP contribution in [-0.2, 0) is 4.79 Å². The van der Waals surface area contributed by atoms with E-state index in [4.69, 9.17) is 0 Å². The van der Waals surface area contributed by atoms with E-state index in [-0.39, 0.29) is 18.1 Å². The molecule has 0 aromatic heterocycles. The molecule has 1 amide bonds. The normalized spacial score (nSPS) is 20.9. The van der Waals surface area contributed by atoms with Crippen molar-refractivity contribution >= 4 is 5.91 Å². The third-order valence-electron chi connectivity index (χ3n) is 3.75. The van der Waals surface area contributed by atoms with Gasteiger partial charge in [0.2, 0.25) is 5.91 Å². The van der Waals surface area contributed by atoms with Gasteiger partial charge in [-0.1, -0.05) is 58.1 Å². The van der Waals surface area contributed by atoms with Crippen molar-refractivity contribution in [3.63, 3.8) is 0 Å². The summed E-state index contributed by atoms with van der Waals surface area (Å²) in [5.41, 5.74) is 0. The van der Waals surface area contributed by atoms with E-state index in [1.54, 1.807) is 0 Å². The molecule has 0 bridgehead atoms. The molecule has 0 aromatic rings. The Kier molecular flexibility index (Phi) is 7.80. The van der Waals surface area contributed by atoms with E-state index in [2.05, 4.69) is 13.8 Å². The monoisotopic (exact) mass is 267 g/mol. The number of β-lactam (4-membered cyclic amide) rings is 1. The van der Waals surface area contributed by atoms with E-state index in [1.165, 1.54) is 25.7 Å². The average Bonchev–Trinajstić information content (AvgIpc) is 2.38. The smallest absolute Gasteiger partial charge is 0.225 e. The van der Waals surface area contributed by atoms with Gasteiger partial charge in [0, 0.05) is 6.54 Å². The second-order valence-corrected chi connectivity index (χ2v) is 5.51. The Morgan fingerprint density at radius 3 is 2.63 bits per heavy atom. The molecule has 110 valence electrons. The van der Waals surface area contributed by atoms with Crippen molar-refractivity contribution in [3.05, 3.63) is 12.2 Å². The summed E-state index contributed by atoms with van der Waals surface area (Å²) in [5, 5.41) is 9.65. The Hall–Kier alpha value is -0.830. The van der Waals surface area contributed by atoms with Crippen molar-refractivity contribution in [2.75, 3.05) is 6.54 Å². The molecular formula is C16H29NO2. The highest BCUT2D eigenvalue weighted by Gasteiger charge is 2.33. The predicted octanol–water partition coefficient (Wildman–Crippen LogP) is 3.27. The highest BCUT2D eigenvalue weighted by atomic mass is 16.3. The molecule has 0 radical (unpaired) electrons. The highest BCUT2D eigenvalue weighted by molar-refractivity contribution is 5.83. The van der Waals surface area contributed by atoms with Gasteiger partial charge in [-0.3, -0.25) is 4.79 Å². The van der Waals surface area contributed by atoms with Crippen LogP contribution >= 0.6 is 0 Å². The molecule has 0 saturated carbocycles. The van der Waals surface area contributed by atoms with Crippen molar-refractivity contribution in [1.82, 2.24) is 4.90 Å². The van der Waals surface area contributed by atoms with Crippen LogP contribution in [0.5, 0.6) is 0 Å². The minimum absolute atomic E-state index is 0.227. The lowest BCUT2D eigenvalue weighted by Crippen LogP contribution is -2.51. The minimum Gasteiger partial charge on any atom is -0.389 e. The number of rotatable bonds is 10. The number of hydrogen-bond acceptors (Lipinski definition) is 2. The first-order chi connectivity index (χ1) is 9.19. The molecular weight excluding hydrogens is 238 g/mol. The molecule has 2 atom stereocenters. The molecule has 1 aliphatic heterocycles. The Morgan fingerprint density at radius 2 is 2.00 bits per heavy atom. The molecule has 2 unspecified atom stereocenters. The highest BCUT2D eigenvalue weighted by Crippen LogP contribution is 2.21. The first-order valence-electron chi connectivity index (χ1n) is 7.84. The van der Waals surface area contributed by atoms with Gasteiger partial charge in [-0.15, -0.1) is 0 Å². The maximum atomic E-state index is 11.6.